The lowest BCUT2D eigenvalue weighted by atomic mass is 10.1. The number of amides is 2. The van der Waals surface area contributed by atoms with Crippen LogP contribution in [0.3, 0.4) is 0 Å². The summed E-state index contributed by atoms with van der Waals surface area (Å²) in [5.41, 5.74) is 7.83. The van der Waals surface area contributed by atoms with E-state index in [0.29, 0.717) is 16.9 Å². The monoisotopic (exact) mass is 373 g/mol. The standard InChI is InChI=1S/C21H19N5O2/c1-25-11-9-16-17(18(22)27)23-19(24-20(16)25)15-5-3-4-13(12-15)6-7-14-8-10-26(2)21(14)28/h3-5,9,11-12,14H,8,10H2,1-2H3,(H2,22,27)/t14-/m1/s1. The Morgan fingerprint density at radius 3 is 2.79 bits per heavy atom. The van der Waals surface area contributed by atoms with Crippen molar-refractivity contribution in [2.45, 2.75) is 6.42 Å². The number of primary amides is 1. The molecular formula is C21H19N5O2. The molecule has 1 atom stereocenters. The van der Waals surface area contributed by atoms with Crippen LogP contribution in [-0.2, 0) is 11.8 Å². The minimum absolute atomic E-state index is 0.0623. The minimum Gasteiger partial charge on any atom is -0.364 e. The lowest BCUT2D eigenvalue weighted by Crippen LogP contribution is -2.21. The van der Waals surface area contributed by atoms with Crippen molar-refractivity contribution >= 4 is 22.8 Å². The van der Waals surface area contributed by atoms with Gasteiger partial charge in [0.15, 0.2) is 5.82 Å². The third-order valence-electron chi connectivity index (χ3n) is 4.90. The third kappa shape index (κ3) is 3.09. The van der Waals surface area contributed by atoms with E-state index in [1.807, 2.05) is 42.1 Å². The Hall–Kier alpha value is -3.66. The largest absolute Gasteiger partial charge is 0.364 e. The summed E-state index contributed by atoms with van der Waals surface area (Å²) in [7, 11) is 3.64. The smallest absolute Gasteiger partial charge is 0.268 e. The van der Waals surface area contributed by atoms with Crippen LogP contribution in [0.4, 0.5) is 0 Å². The van der Waals surface area contributed by atoms with Crippen LogP contribution in [0.1, 0.15) is 22.5 Å². The summed E-state index contributed by atoms with van der Waals surface area (Å²) in [6.45, 7) is 0.735. The maximum absolute atomic E-state index is 12.0. The topological polar surface area (TPSA) is 94.1 Å². The van der Waals surface area contributed by atoms with Crippen molar-refractivity contribution in [3.8, 4) is 23.2 Å². The second-order valence-corrected chi connectivity index (χ2v) is 6.88. The number of aryl methyl sites for hydroxylation is 1. The minimum atomic E-state index is -0.598. The number of carbonyl (C=O) groups excluding carboxylic acids is 2. The van der Waals surface area contributed by atoms with E-state index in [4.69, 9.17) is 5.73 Å². The van der Waals surface area contributed by atoms with Crippen LogP contribution < -0.4 is 5.73 Å². The van der Waals surface area contributed by atoms with Crippen molar-refractivity contribution in [3.05, 3.63) is 47.8 Å². The molecular weight excluding hydrogens is 354 g/mol. The van der Waals surface area contributed by atoms with Crippen LogP contribution in [0.2, 0.25) is 0 Å². The molecule has 7 nitrogen and oxygen atoms in total. The van der Waals surface area contributed by atoms with Gasteiger partial charge in [-0.25, -0.2) is 9.97 Å². The molecule has 28 heavy (non-hydrogen) atoms. The van der Waals surface area contributed by atoms with Crippen molar-refractivity contribution in [1.29, 1.82) is 0 Å². The third-order valence-corrected chi connectivity index (χ3v) is 4.90. The summed E-state index contributed by atoms with van der Waals surface area (Å²) in [4.78, 5) is 34.5. The fraction of sp³-hybridized carbons (Fsp3) is 0.238. The number of aromatic nitrogens is 3. The second-order valence-electron chi connectivity index (χ2n) is 6.88. The highest BCUT2D eigenvalue weighted by atomic mass is 16.2. The van der Waals surface area contributed by atoms with Crippen molar-refractivity contribution < 1.29 is 9.59 Å². The zero-order valence-corrected chi connectivity index (χ0v) is 15.6. The quantitative estimate of drug-likeness (QED) is 0.690. The van der Waals surface area contributed by atoms with Gasteiger partial charge in [-0.2, -0.15) is 0 Å². The molecule has 2 N–H and O–H groups in total. The summed E-state index contributed by atoms with van der Waals surface area (Å²) in [6.07, 6.45) is 2.56. The van der Waals surface area contributed by atoms with Gasteiger partial charge in [0, 0.05) is 38.0 Å². The highest BCUT2D eigenvalue weighted by Crippen LogP contribution is 2.23. The van der Waals surface area contributed by atoms with Crippen molar-refractivity contribution in [1.82, 2.24) is 19.4 Å². The predicted octanol–water partition coefficient (Wildman–Crippen LogP) is 1.56. The molecule has 0 unspecified atom stereocenters. The maximum atomic E-state index is 12.0. The molecule has 4 rings (SSSR count). The molecule has 7 heteroatoms. The molecule has 0 spiro atoms. The Balaban J connectivity index is 1.73. The average Bonchev–Trinajstić information content (AvgIpc) is 3.22. The van der Waals surface area contributed by atoms with E-state index in [9.17, 15) is 9.59 Å². The van der Waals surface area contributed by atoms with Crippen LogP contribution in [-0.4, -0.2) is 44.8 Å². The van der Waals surface area contributed by atoms with E-state index >= 15 is 0 Å². The highest BCUT2D eigenvalue weighted by molar-refractivity contribution is 6.03. The number of nitrogens with zero attached hydrogens (tertiary/aromatic N) is 4. The van der Waals surface area contributed by atoms with Crippen LogP contribution in [0, 0.1) is 17.8 Å². The number of hydrogen-bond donors (Lipinski definition) is 1. The van der Waals surface area contributed by atoms with E-state index < -0.39 is 5.91 Å². The number of benzene rings is 1. The first-order valence-corrected chi connectivity index (χ1v) is 8.94. The molecule has 3 aromatic rings. The molecule has 1 aromatic carbocycles. The molecule has 1 aliphatic rings. The van der Waals surface area contributed by atoms with Gasteiger partial charge in [0.25, 0.3) is 5.91 Å². The van der Waals surface area contributed by atoms with Crippen LogP contribution in [0.15, 0.2) is 36.5 Å². The van der Waals surface area contributed by atoms with E-state index in [0.717, 1.165) is 24.1 Å². The Morgan fingerprint density at radius 1 is 1.25 bits per heavy atom. The number of rotatable bonds is 2. The van der Waals surface area contributed by atoms with Crippen LogP contribution in [0.5, 0.6) is 0 Å². The van der Waals surface area contributed by atoms with Gasteiger partial charge in [0.1, 0.15) is 17.3 Å². The van der Waals surface area contributed by atoms with Gasteiger partial charge in [-0.3, -0.25) is 9.59 Å². The van der Waals surface area contributed by atoms with E-state index in [1.54, 1.807) is 18.0 Å². The maximum Gasteiger partial charge on any atom is 0.268 e. The first kappa shape index (κ1) is 17.7. The lowest BCUT2D eigenvalue weighted by molar-refractivity contribution is -0.128. The number of carbonyl (C=O) groups is 2. The zero-order valence-electron chi connectivity index (χ0n) is 15.6. The molecule has 2 amide bonds. The van der Waals surface area contributed by atoms with Crippen LogP contribution in [0.25, 0.3) is 22.4 Å². The molecule has 1 saturated heterocycles. The Morgan fingerprint density at radius 2 is 2.07 bits per heavy atom. The fourth-order valence-electron chi connectivity index (χ4n) is 3.32. The predicted molar refractivity (Wildman–Crippen MR) is 105 cm³/mol. The van der Waals surface area contributed by atoms with Gasteiger partial charge in [-0.05, 0) is 24.6 Å². The zero-order chi connectivity index (χ0) is 19.8. The van der Waals surface area contributed by atoms with E-state index in [-0.39, 0.29) is 17.5 Å². The van der Waals surface area contributed by atoms with Crippen molar-refractivity contribution in [3.63, 3.8) is 0 Å². The highest BCUT2D eigenvalue weighted by Gasteiger charge is 2.27. The van der Waals surface area contributed by atoms with Crippen molar-refractivity contribution in [2.75, 3.05) is 13.6 Å². The second kappa shape index (κ2) is 6.82. The van der Waals surface area contributed by atoms with Gasteiger partial charge in [-0.1, -0.05) is 24.0 Å². The summed E-state index contributed by atoms with van der Waals surface area (Å²) < 4.78 is 1.82. The first-order chi connectivity index (χ1) is 13.4. The summed E-state index contributed by atoms with van der Waals surface area (Å²) in [6, 6.07) is 9.20. The lowest BCUT2D eigenvalue weighted by Gasteiger charge is -2.06. The van der Waals surface area contributed by atoms with Crippen LogP contribution >= 0.6 is 0 Å². The summed E-state index contributed by atoms with van der Waals surface area (Å²) in [5, 5.41) is 0.624. The average molecular weight is 373 g/mol. The molecule has 0 radical (unpaired) electrons. The molecule has 2 aromatic heterocycles. The molecule has 0 aliphatic carbocycles. The number of hydrogen-bond acceptors (Lipinski definition) is 4. The SMILES string of the molecule is CN1CC[C@@H](C#Cc2cccc(-c3nc(C(N)=O)c4ccn(C)c4n3)c2)C1=O. The van der Waals surface area contributed by atoms with Gasteiger partial charge < -0.3 is 15.2 Å². The van der Waals surface area contributed by atoms with Gasteiger partial charge in [0.05, 0.1) is 5.39 Å². The van der Waals surface area contributed by atoms with Gasteiger partial charge >= 0.3 is 0 Å². The van der Waals surface area contributed by atoms with Gasteiger partial charge in [0.2, 0.25) is 5.91 Å². The Bertz CT molecular complexity index is 1170. The summed E-state index contributed by atoms with van der Waals surface area (Å²) >= 11 is 0. The number of likely N-dealkylation sites (tertiary alicyclic amines) is 1. The summed E-state index contributed by atoms with van der Waals surface area (Å²) in [5.74, 6) is 5.75. The number of nitrogens with two attached hydrogens (primary N) is 1. The molecule has 3 heterocycles. The molecule has 0 bridgehead atoms. The first-order valence-electron chi connectivity index (χ1n) is 8.94. The van der Waals surface area contributed by atoms with E-state index in [2.05, 4.69) is 21.8 Å². The molecule has 1 aliphatic heterocycles. The normalized spacial score (nSPS) is 16.3. The Labute approximate surface area is 162 Å². The van der Waals surface area contributed by atoms with E-state index in [1.165, 1.54) is 0 Å². The molecule has 0 saturated carbocycles. The number of fused-ring (bicyclic) bond motifs is 1. The fourth-order valence-corrected chi connectivity index (χ4v) is 3.32. The Kier molecular flexibility index (Phi) is 4.32. The molecule has 1 fully saturated rings. The molecule has 140 valence electrons. The van der Waals surface area contributed by atoms with Crippen molar-refractivity contribution in [2.24, 2.45) is 18.7 Å². The van der Waals surface area contributed by atoms with Gasteiger partial charge in [-0.15, -0.1) is 0 Å².